The molecule has 0 aliphatic rings. The Morgan fingerprint density at radius 2 is 0.761 bits per heavy atom. The molecule has 67 heavy (non-hydrogen) atoms. The molecule has 12 nitrogen and oxygen atoms in total. The van der Waals surface area contributed by atoms with Crippen LogP contribution >= 0.6 is 0 Å². The van der Waals surface area contributed by atoms with Crippen LogP contribution < -0.4 is 0 Å². The lowest BCUT2D eigenvalue weighted by Crippen LogP contribution is -2.27. The summed E-state index contributed by atoms with van der Waals surface area (Å²) < 4.78 is 33.2. The minimum Gasteiger partial charge on any atom is -0.465 e. The van der Waals surface area contributed by atoms with Crippen molar-refractivity contribution in [2.75, 3.05) is 46.1 Å². The first-order valence-corrected chi connectivity index (χ1v) is 27.8. The number of ether oxygens (including phenoxy) is 6. The van der Waals surface area contributed by atoms with Crippen LogP contribution in [0.15, 0.2) is 0 Å². The molecule has 394 valence electrons. The van der Waals surface area contributed by atoms with E-state index in [1.54, 1.807) is 0 Å². The van der Waals surface area contributed by atoms with Crippen LogP contribution in [0.4, 0.5) is 4.79 Å². The van der Waals surface area contributed by atoms with Gasteiger partial charge in [0, 0.05) is 32.2 Å². The van der Waals surface area contributed by atoms with E-state index in [1.165, 1.54) is 103 Å². The molecule has 0 rings (SSSR count). The normalized spacial score (nSPS) is 12.2. The van der Waals surface area contributed by atoms with Crippen LogP contribution in [0.3, 0.4) is 0 Å². The Bertz CT molecular complexity index is 1160. The third-order valence-electron chi connectivity index (χ3n) is 12.5. The van der Waals surface area contributed by atoms with Gasteiger partial charge in [0.15, 0.2) is 0 Å². The van der Waals surface area contributed by atoms with E-state index in [0.717, 1.165) is 77.4 Å². The number of carbonyl (C=O) groups is 5. The fourth-order valence-electron chi connectivity index (χ4n) is 8.07. The molecule has 0 aliphatic heterocycles. The third kappa shape index (κ3) is 44.1. The standard InChI is InChI=1S/C55H103NO11/c1-7-12-15-18-21-22-28-36-48(6)66-53(59)41-34-27-33-40-52(58)64-46-49(47-65-55(61)62-44-35-43-56(10-4)11-5)45-63-51(57)39-31-25-26-32-42-54(60)67-50(37-29-23-19-16-13-8-2)38-30-24-20-17-14-9-3/h48-50H,7-47H2,1-6H3. The highest BCUT2D eigenvalue weighted by Gasteiger charge is 2.19. The van der Waals surface area contributed by atoms with Crippen molar-refractivity contribution in [3.63, 3.8) is 0 Å². The highest BCUT2D eigenvalue weighted by Crippen LogP contribution is 2.19. The number of hydrogen-bond acceptors (Lipinski definition) is 12. The first-order chi connectivity index (χ1) is 32.6. The summed E-state index contributed by atoms with van der Waals surface area (Å²) in [5, 5.41) is 0. The average molecular weight is 954 g/mol. The van der Waals surface area contributed by atoms with Gasteiger partial charge < -0.3 is 33.3 Å². The molecule has 2 atom stereocenters. The van der Waals surface area contributed by atoms with Gasteiger partial charge in [-0.25, -0.2) is 4.79 Å². The Morgan fingerprint density at radius 3 is 1.22 bits per heavy atom. The molecule has 0 spiro atoms. The number of rotatable bonds is 49. The molecule has 0 aromatic heterocycles. The fourth-order valence-corrected chi connectivity index (χ4v) is 8.07. The molecule has 0 fully saturated rings. The van der Waals surface area contributed by atoms with Crippen LogP contribution in [0.2, 0.25) is 0 Å². The van der Waals surface area contributed by atoms with Gasteiger partial charge in [0.25, 0.3) is 0 Å². The van der Waals surface area contributed by atoms with E-state index in [1.807, 2.05) is 6.92 Å². The maximum Gasteiger partial charge on any atom is 0.508 e. The predicted molar refractivity (Wildman–Crippen MR) is 270 cm³/mol. The molecular weight excluding hydrogens is 851 g/mol. The number of unbranched alkanes of at least 4 members (excludes halogenated alkanes) is 21. The van der Waals surface area contributed by atoms with Crippen molar-refractivity contribution in [3.8, 4) is 0 Å². The number of carbonyl (C=O) groups excluding carboxylic acids is 5. The maximum absolute atomic E-state index is 12.8. The summed E-state index contributed by atoms with van der Waals surface area (Å²) >= 11 is 0. The molecule has 0 N–H and O–H groups in total. The van der Waals surface area contributed by atoms with Crippen LogP contribution in [0.25, 0.3) is 0 Å². The molecule has 0 aromatic rings. The van der Waals surface area contributed by atoms with E-state index in [0.29, 0.717) is 44.9 Å². The molecule has 12 heteroatoms. The van der Waals surface area contributed by atoms with E-state index < -0.39 is 18.0 Å². The van der Waals surface area contributed by atoms with E-state index >= 15 is 0 Å². The van der Waals surface area contributed by atoms with Crippen molar-refractivity contribution < 1.29 is 52.4 Å². The molecular formula is C55H103NO11. The maximum atomic E-state index is 12.8. The first kappa shape index (κ1) is 64.1. The smallest absolute Gasteiger partial charge is 0.465 e. The molecule has 0 bridgehead atoms. The summed E-state index contributed by atoms with van der Waals surface area (Å²) in [6.07, 6.45) is 31.8. The van der Waals surface area contributed by atoms with Gasteiger partial charge in [-0.1, -0.05) is 157 Å². The largest absolute Gasteiger partial charge is 0.508 e. The van der Waals surface area contributed by atoms with Gasteiger partial charge in [-0.05, 0) is 90.6 Å². The Labute approximate surface area is 410 Å². The molecule has 0 aromatic carbocycles. The SMILES string of the molecule is CCCCCCCCCC(C)OC(=O)CCCCCC(=O)OCC(COC(=O)CCCCCCC(=O)OC(CCCCCCCC)CCCCCCCC)COC(=O)OCCCN(CC)CC. The second-order valence-corrected chi connectivity index (χ2v) is 18.9. The van der Waals surface area contributed by atoms with Crippen LogP contribution in [0, 0.1) is 5.92 Å². The van der Waals surface area contributed by atoms with Crippen molar-refractivity contribution >= 4 is 30.0 Å². The molecule has 0 saturated heterocycles. The quantitative estimate of drug-likeness (QED) is 0.0325. The summed E-state index contributed by atoms with van der Waals surface area (Å²) in [6.45, 7) is 15.4. The van der Waals surface area contributed by atoms with Gasteiger partial charge in [0.1, 0.15) is 25.9 Å². The van der Waals surface area contributed by atoms with E-state index in [2.05, 4.69) is 39.5 Å². The first-order valence-electron chi connectivity index (χ1n) is 27.8. The topological polar surface area (TPSA) is 144 Å². The van der Waals surface area contributed by atoms with Crippen molar-refractivity contribution in [2.24, 2.45) is 5.92 Å². The van der Waals surface area contributed by atoms with Crippen molar-refractivity contribution in [3.05, 3.63) is 0 Å². The molecule has 0 heterocycles. The summed E-state index contributed by atoms with van der Waals surface area (Å²) in [7, 11) is 0. The molecule has 2 unspecified atom stereocenters. The van der Waals surface area contributed by atoms with Crippen LogP contribution in [-0.2, 0) is 47.6 Å². The van der Waals surface area contributed by atoms with Crippen LogP contribution in [0.1, 0.15) is 260 Å². The third-order valence-corrected chi connectivity index (χ3v) is 12.5. The molecule has 0 amide bonds. The average Bonchev–Trinajstić information content (AvgIpc) is 3.31. The van der Waals surface area contributed by atoms with E-state index in [9.17, 15) is 24.0 Å². The van der Waals surface area contributed by atoms with E-state index in [-0.39, 0.29) is 69.4 Å². The lowest BCUT2D eigenvalue weighted by atomic mass is 10.0. The van der Waals surface area contributed by atoms with E-state index in [4.69, 9.17) is 28.4 Å². The zero-order valence-corrected chi connectivity index (χ0v) is 44.2. The Morgan fingerprint density at radius 1 is 0.388 bits per heavy atom. The zero-order chi connectivity index (χ0) is 49.4. The summed E-state index contributed by atoms with van der Waals surface area (Å²) in [5.41, 5.74) is 0. The van der Waals surface area contributed by atoms with Gasteiger partial charge >= 0.3 is 30.0 Å². The predicted octanol–water partition coefficient (Wildman–Crippen LogP) is 14.4. The lowest BCUT2D eigenvalue weighted by Gasteiger charge is -2.18. The van der Waals surface area contributed by atoms with Gasteiger partial charge in [-0.3, -0.25) is 19.2 Å². The monoisotopic (exact) mass is 954 g/mol. The van der Waals surface area contributed by atoms with Gasteiger partial charge in [0.05, 0.1) is 18.6 Å². The molecule has 0 aliphatic carbocycles. The van der Waals surface area contributed by atoms with Crippen LogP contribution in [-0.4, -0.2) is 93.2 Å². The molecule has 0 radical (unpaired) electrons. The number of nitrogens with zero attached hydrogens (tertiary/aromatic N) is 1. The van der Waals surface area contributed by atoms with Crippen molar-refractivity contribution in [1.82, 2.24) is 4.90 Å². The minimum absolute atomic E-state index is 0.0116. The fraction of sp³-hybridized carbons (Fsp3) is 0.909. The Hall–Kier alpha value is -2.89. The Kier molecular flexibility index (Phi) is 46.1. The van der Waals surface area contributed by atoms with Crippen LogP contribution in [0.5, 0.6) is 0 Å². The second kappa shape index (κ2) is 48.1. The van der Waals surface area contributed by atoms with Crippen molar-refractivity contribution in [1.29, 1.82) is 0 Å². The van der Waals surface area contributed by atoms with Gasteiger partial charge in [0.2, 0.25) is 0 Å². The molecule has 0 saturated carbocycles. The summed E-state index contributed by atoms with van der Waals surface area (Å²) in [6, 6.07) is 0. The lowest BCUT2D eigenvalue weighted by molar-refractivity contribution is -0.151. The van der Waals surface area contributed by atoms with Gasteiger partial charge in [-0.2, -0.15) is 0 Å². The summed E-state index contributed by atoms with van der Waals surface area (Å²) in [4.78, 5) is 65.1. The second-order valence-electron chi connectivity index (χ2n) is 18.9. The minimum atomic E-state index is -0.817. The summed E-state index contributed by atoms with van der Waals surface area (Å²) in [5.74, 6) is -1.67. The number of hydrogen-bond donors (Lipinski definition) is 0. The number of esters is 4. The zero-order valence-electron chi connectivity index (χ0n) is 44.2. The van der Waals surface area contributed by atoms with Crippen molar-refractivity contribution in [2.45, 2.75) is 272 Å². The Balaban J connectivity index is 4.70. The van der Waals surface area contributed by atoms with Gasteiger partial charge in [-0.15, -0.1) is 0 Å². The highest BCUT2D eigenvalue weighted by molar-refractivity contribution is 5.70. The highest BCUT2D eigenvalue weighted by atomic mass is 16.7.